The number of carbonyl (C=O) groups is 3. The zero-order chi connectivity index (χ0) is 23.6. The molecule has 2 heterocycles. The van der Waals surface area contributed by atoms with Gasteiger partial charge in [-0.3, -0.25) is 14.4 Å². The largest absolute Gasteiger partial charge is 0.416 e. The number of benzene rings is 1. The van der Waals surface area contributed by atoms with Gasteiger partial charge in [-0.25, -0.2) is 0 Å². The summed E-state index contributed by atoms with van der Waals surface area (Å²) in [7, 11) is 0. The lowest BCUT2D eigenvalue weighted by molar-refractivity contribution is -0.138. The minimum absolute atomic E-state index is 0.0498. The Balaban J connectivity index is 1.26. The van der Waals surface area contributed by atoms with Crippen molar-refractivity contribution >= 4 is 35.2 Å². The van der Waals surface area contributed by atoms with Gasteiger partial charge in [-0.05, 0) is 43.9 Å². The molecule has 2 N–H and O–H groups in total. The maximum absolute atomic E-state index is 12.9. The number of likely N-dealkylation sites (tertiary alicyclic amines) is 1. The molecule has 1 aromatic rings. The van der Waals surface area contributed by atoms with E-state index in [1.165, 1.54) is 12.5 Å². The predicted octanol–water partition coefficient (Wildman–Crippen LogP) is 4.20. The Kier molecular flexibility index (Phi) is 7.21. The molecule has 10 heteroatoms. The molecule has 0 aromatic heterocycles. The number of halogens is 3. The highest BCUT2D eigenvalue weighted by Crippen LogP contribution is 2.40. The SMILES string of the molecule is O=C(CC1Sc2ccc(C(F)(F)F)cc2NC1=O)NC1CCN(C(=O)C2CCCCC2)CC1. The van der Waals surface area contributed by atoms with Crippen LogP contribution in [0.15, 0.2) is 23.1 Å². The summed E-state index contributed by atoms with van der Waals surface area (Å²) in [6, 6.07) is 3.17. The molecular formula is C23H28F3N3O3S. The Morgan fingerprint density at radius 3 is 2.45 bits per heavy atom. The van der Waals surface area contributed by atoms with E-state index in [2.05, 4.69) is 10.6 Å². The summed E-state index contributed by atoms with van der Waals surface area (Å²) in [6.45, 7) is 1.24. The number of amides is 3. The molecule has 0 radical (unpaired) electrons. The maximum Gasteiger partial charge on any atom is 0.416 e. The van der Waals surface area contributed by atoms with E-state index in [0.29, 0.717) is 30.8 Å². The van der Waals surface area contributed by atoms with Gasteiger partial charge in [0.05, 0.1) is 16.5 Å². The van der Waals surface area contributed by atoms with E-state index in [1.807, 2.05) is 4.90 Å². The van der Waals surface area contributed by atoms with Crippen molar-refractivity contribution in [1.82, 2.24) is 10.2 Å². The van der Waals surface area contributed by atoms with Gasteiger partial charge >= 0.3 is 6.18 Å². The molecule has 6 nitrogen and oxygen atoms in total. The van der Waals surface area contributed by atoms with Crippen molar-refractivity contribution in [1.29, 1.82) is 0 Å². The van der Waals surface area contributed by atoms with Crippen molar-refractivity contribution in [3.8, 4) is 0 Å². The third-order valence-corrected chi connectivity index (χ3v) is 7.90. The van der Waals surface area contributed by atoms with Crippen molar-refractivity contribution in [3.63, 3.8) is 0 Å². The highest BCUT2D eigenvalue weighted by molar-refractivity contribution is 8.01. The summed E-state index contributed by atoms with van der Waals surface area (Å²) >= 11 is 1.10. The molecule has 2 fully saturated rings. The van der Waals surface area contributed by atoms with E-state index < -0.39 is 22.9 Å². The molecular weight excluding hydrogens is 455 g/mol. The number of hydrogen-bond acceptors (Lipinski definition) is 4. The Morgan fingerprint density at radius 1 is 1.09 bits per heavy atom. The number of rotatable bonds is 4. The summed E-state index contributed by atoms with van der Waals surface area (Å²) in [4.78, 5) is 40.0. The van der Waals surface area contributed by atoms with E-state index >= 15 is 0 Å². The summed E-state index contributed by atoms with van der Waals surface area (Å²) in [5.41, 5.74) is -0.710. The molecule has 1 unspecified atom stereocenters. The molecule has 1 atom stereocenters. The molecule has 180 valence electrons. The van der Waals surface area contributed by atoms with E-state index in [9.17, 15) is 27.6 Å². The van der Waals surface area contributed by atoms with Crippen LogP contribution >= 0.6 is 11.8 Å². The van der Waals surface area contributed by atoms with Gasteiger partial charge in [-0.1, -0.05) is 19.3 Å². The number of nitrogens with one attached hydrogen (secondary N) is 2. The predicted molar refractivity (Wildman–Crippen MR) is 119 cm³/mol. The van der Waals surface area contributed by atoms with Gasteiger partial charge in [0.25, 0.3) is 0 Å². The lowest BCUT2D eigenvalue weighted by Crippen LogP contribution is -2.48. The molecule has 4 rings (SSSR count). The van der Waals surface area contributed by atoms with Crippen molar-refractivity contribution in [2.24, 2.45) is 5.92 Å². The molecule has 3 amide bonds. The molecule has 33 heavy (non-hydrogen) atoms. The lowest BCUT2D eigenvalue weighted by Gasteiger charge is -2.35. The number of anilines is 1. The van der Waals surface area contributed by atoms with Crippen molar-refractivity contribution in [2.45, 2.75) is 73.7 Å². The first-order chi connectivity index (χ1) is 15.7. The van der Waals surface area contributed by atoms with Gasteiger partial charge in [0, 0.05) is 36.4 Å². The van der Waals surface area contributed by atoms with Crippen LogP contribution in [0.25, 0.3) is 0 Å². The third-order valence-electron chi connectivity index (χ3n) is 6.62. The van der Waals surface area contributed by atoms with Gasteiger partial charge in [-0.15, -0.1) is 11.8 Å². The van der Waals surface area contributed by atoms with Crippen LogP contribution in [0.5, 0.6) is 0 Å². The Labute approximate surface area is 195 Å². The Morgan fingerprint density at radius 2 is 1.79 bits per heavy atom. The molecule has 1 saturated carbocycles. The summed E-state index contributed by atoms with van der Waals surface area (Å²) in [6.07, 6.45) is 2.18. The number of carbonyl (C=O) groups excluding carboxylic acids is 3. The van der Waals surface area contributed by atoms with Gasteiger partial charge < -0.3 is 15.5 Å². The Bertz CT molecular complexity index is 910. The number of piperidine rings is 1. The number of thioether (sulfide) groups is 1. The van der Waals surface area contributed by atoms with E-state index in [0.717, 1.165) is 49.6 Å². The van der Waals surface area contributed by atoms with Crippen molar-refractivity contribution in [3.05, 3.63) is 23.8 Å². The Hall–Kier alpha value is -2.23. The fraction of sp³-hybridized carbons (Fsp3) is 0.609. The van der Waals surface area contributed by atoms with Crippen LogP contribution in [-0.4, -0.2) is 47.0 Å². The van der Waals surface area contributed by atoms with Crippen LogP contribution in [0, 0.1) is 5.92 Å². The van der Waals surface area contributed by atoms with E-state index in [4.69, 9.17) is 0 Å². The second-order valence-corrected chi connectivity index (χ2v) is 10.3. The smallest absolute Gasteiger partial charge is 0.353 e. The van der Waals surface area contributed by atoms with Gasteiger partial charge in [0.2, 0.25) is 17.7 Å². The highest BCUT2D eigenvalue weighted by Gasteiger charge is 2.35. The minimum Gasteiger partial charge on any atom is -0.353 e. The topological polar surface area (TPSA) is 78.5 Å². The average molecular weight is 484 g/mol. The molecule has 2 aliphatic heterocycles. The molecule has 0 bridgehead atoms. The molecule has 1 saturated heterocycles. The monoisotopic (exact) mass is 483 g/mol. The maximum atomic E-state index is 12.9. The first-order valence-corrected chi connectivity index (χ1v) is 12.4. The van der Waals surface area contributed by atoms with E-state index in [-0.39, 0.29) is 35.9 Å². The summed E-state index contributed by atoms with van der Waals surface area (Å²) in [5.74, 6) is -0.367. The summed E-state index contributed by atoms with van der Waals surface area (Å²) < 4.78 is 38.7. The fourth-order valence-electron chi connectivity index (χ4n) is 4.77. The molecule has 1 aliphatic carbocycles. The second kappa shape index (κ2) is 9.95. The van der Waals surface area contributed by atoms with Crippen LogP contribution < -0.4 is 10.6 Å². The van der Waals surface area contributed by atoms with Gasteiger partial charge in [-0.2, -0.15) is 13.2 Å². The first-order valence-electron chi connectivity index (χ1n) is 11.5. The first kappa shape index (κ1) is 23.9. The van der Waals surface area contributed by atoms with Crippen LogP contribution in [0.1, 0.15) is 56.9 Å². The highest BCUT2D eigenvalue weighted by atomic mass is 32.2. The zero-order valence-electron chi connectivity index (χ0n) is 18.2. The number of alkyl halides is 3. The lowest BCUT2D eigenvalue weighted by atomic mass is 9.87. The standard InChI is InChI=1S/C23H28F3N3O3S/c24-23(25,26)15-6-7-18-17(12-15)28-21(31)19(33-18)13-20(30)27-16-8-10-29(11-9-16)22(32)14-4-2-1-3-5-14/h6-7,12,14,16,19H,1-5,8-11,13H2,(H,27,30)(H,28,31). The fourth-order valence-corrected chi connectivity index (χ4v) is 5.86. The number of nitrogens with zero attached hydrogens (tertiary/aromatic N) is 1. The quantitative estimate of drug-likeness (QED) is 0.673. The van der Waals surface area contributed by atoms with Crippen molar-refractivity contribution < 1.29 is 27.6 Å². The van der Waals surface area contributed by atoms with Crippen molar-refractivity contribution in [2.75, 3.05) is 18.4 Å². The van der Waals surface area contributed by atoms with Gasteiger partial charge in [0.15, 0.2) is 0 Å². The number of hydrogen-bond donors (Lipinski definition) is 2. The molecule has 3 aliphatic rings. The second-order valence-electron chi connectivity index (χ2n) is 9.01. The number of fused-ring (bicyclic) bond motifs is 1. The van der Waals surface area contributed by atoms with Crippen LogP contribution in [0.4, 0.5) is 18.9 Å². The average Bonchev–Trinajstić information content (AvgIpc) is 2.79. The molecule has 0 spiro atoms. The normalized spacial score (nSPS) is 22.5. The van der Waals surface area contributed by atoms with Crippen LogP contribution in [0.2, 0.25) is 0 Å². The summed E-state index contributed by atoms with van der Waals surface area (Å²) in [5, 5.41) is 4.75. The van der Waals surface area contributed by atoms with Crippen LogP contribution in [0.3, 0.4) is 0 Å². The van der Waals surface area contributed by atoms with Gasteiger partial charge in [0.1, 0.15) is 0 Å². The molecule has 1 aromatic carbocycles. The van der Waals surface area contributed by atoms with E-state index in [1.54, 1.807) is 0 Å². The third kappa shape index (κ3) is 5.83. The zero-order valence-corrected chi connectivity index (χ0v) is 19.1. The minimum atomic E-state index is -4.49. The van der Waals surface area contributed by atoms with Crippen LogP contribution in [-0.2, 0) is 20.6 Å².